The Hall–Kier alpha value is -1.15. The number of nitrogens with zero attached hydrogens (tertiary/aromatic N) is 4. The zero-order chi connectivity index (χ0) is 15.4. The van der Waals surface area contributed by atoms with Crippen LogP contribution in [0.15, 0.2) is 21.3 Å². The van der Waals surface area contributed by atoms with Gasteiger partial charge < -0.3 is 5.32 Å². The molecule has 2 aromatic heterocycles. The van der Waals surface area contributed by atoms with E-state index in [1.54, 1.807) is 12.4 Å². The van der Waals surface area contributed by atoms with Gasteiger partial charge in [0.15, 0.2) is 0 Å². The highest BCUT2D eigenvalue weighted by molar-refractivity contribution is 9.10. The number of carbonyl (C=O) groups is 1. The van der Waals surface area contributed by atoms with Gasteiger partial charge in [0.05, 0.1) is 33.6 Å². The first-order valence-corrected chi connectivity index (χ1v) is 8.26. The monoisotopic (exact) mass is 417 g/mol. The number of halogens is 2. The minimum atomic E-state index is -0.00299. The lowest BCUT2D eigenvalue weighted by atomic mass is 10.3. The summed E-state index contributed by atoms with van der Waals surface area (Å²) in [4.78, 5) is 11.9. The van der Waals surface area contributed by atoms with E-state index in [9.17, 15) is 4.79 Å². The number of hydrogen-bond acceptors (Lipinski definition) is 3. The molecule has 0 saturated carbocycles. The predicted molar refractivity (Wildman–Crippen MR) is 86.7 cm³/mol. The average Bonchev–Trinajstić information content (AvgIpc) is 2.98. The quantitative estimate of drug-likeness (QED) is 0.784. The molecule has 0 aromatic carbocycles. The molecule has 2 aromatic rings. The smallest absolute Gasteiger partial charge is 0.222 e. The minimum absolute atomic E-state index is 0.00299. The Balaban J connectivity index is 1.85. The summed E-state index contributed by atoms with van der Waals surface area (Å²) < 4.78 is 5.55. The van der Waals surface area contributed by atoms with Crippen LogP contribution in [-0.4, -0.2) is 25.5 Å². The van der Waals surface area contributed by atoms with E-state index in [1.165, 1.54) is 0 Å². The van der Waals surface area contributed by atoms with Gasteiger partial charge in [-0.1, -0.05) is 0 Å². The second-order valence-electron chi connectivity index (χ2n) is 4.58. The van der Waals surface area contributed by atoms with E-state index >= 15 is 0 Å². The van der Waals surface area contributed by atoms with Crippen LogP contribution in [0.3, 0.4) is 0 Å². The summed E-state index contributed by atoms with van der Waals surface area (Å²) in [6.07, 6.45) is 3.88. The molecule has 0 unspecified atom stereocenters. The standard InChI is InChI=1S/C13H17Br2N5O/c1-3-19-12(11(15)7-17-19)8-16-13(21)4-5-20-9(2)10(14)6-18-20/h6-7H,3-5,8H2,1-2H3,(H,16,21). The number of aryl methyl sites for hydroxylation is 2. The Morgan fingerprint density at radius 3 is 2.52 bits per heavy atom. The summed E-state index contributed by atoms with van der Waals surface area (Å²) in [6, 6.07) is 0. The zero-order valence-electron chi connectivity index (χ0n) is 11.9. The molecule has 114 valence electrons. The van der Waals surface area contributed by atoms with Gasteiger partial charge >= 0.3 is 0 Å². The molecule has 0 saturated heterocycles. The molecule has 6 nitrogen and oxygen atoms in total. The predicted octanol–water partition coefficient (Wildman–Crippen LogP) is 2.64. The molecular weight excluding hydrogens is 402 g/mol. The highest BCUT2D eigenvalue weighted by Gasteiger charge is 2.10. The second-order valence-corrected chi connectivity index (χ2v) is 6.29. The van der Waals surface area contributed by atoms with Crippen molar-refractivity contribution in [1.82, 2.24) is 24.9 Å². The number of hydrogen-bond donors (Lipinski definition) is 1. The van der Waals surface area contributed by atoms with Crippen LogP contribution < -0.4 is 5.32 Å². The zero-order valence-corrected chi connectivity index (χ0v) is 15.1. The fourth-order valence-electron chi connectivity index (χ4n) is 1.96. The van der Waals surface area contributed by atoms with Crippen molar-refractivity contribution in [3.8, 4) is 0 Å². The van der Waals surface area contributed by atoms with Gasteiger partial charge in [0.2, 0.25) is 5.91 Å². The van der Waals surface area contributed by atoms with Crippen LogP contribution in [0.4, 0.5) is 0 Å². The molecule has 1 amide bonds. The Morgan fingerprint density at radius 1 is 1.24 bits per heavy atom. The normalized spacial score (nSPS) is 10.9. The lowest BCUT2D eigenvalue weighted by molar-refractivity contribution is -0.121. The van der Waals surface area contributed by atoms with Crippen LogP contribution in [0, 0.1) is 6.92 Å². The first kappa shape index (κ1) is 16.2. The molecule has 2 rings (SSSR count). The summed E-state index contributed by atoms with van der Waals surface area (Å²) >= 11 is 6.85. The van der Waals surface area contributed by atoms with Crippen molar-refractivity contribution >= 4 is 37.8 Å². The molecule has 0 fully saturated rings. The van der Waals surface area contributed by atoms with Crippen molar-refractivity contribution < 1.29 is 4.79 Å². The number of nitrogens with one attached hydrogen (secondary N) is 1. The average molecular weight is 419 g/mol. The van der Waals surface area contributed by atoms with Crippen LogP contribution >= 0.6 is 31.9 Å². The topological polar surface area (TPSA) is 64.7 Å². The number of amides is 1. The van der Waals surface area contributed by atoms with Crippen LogP contribution in [0.2, 0.25) is 0 Å². The number of aromatic nitrogens is 4. The first-order valence-electron chi connectivity index (χ1n) is 6.67. The van der Waals surface area contributed by atoms with E-state index < -0.39 is 0 Å². The molecule has 1 N–H and O–H groups in total. The molecule has 2 heterocycles. The lowest BCUT2D eigenvalue weighted by Gasteiger charge is -2.08. The second kappa shape index (κ2) is 7.22. The van der Waals surface area contributed by atoms with Gasteiger partial charge in [0.25, 0.3) is 0 Å². The van der Waals surface area contributed by atoms with Gasteiger partial charge in [-0.2, -0.15) is 10.2 Å². The van der Waals surface area contributed by atoms with E-state index in [1.807, 2.05) is 23.2 Å². The van der Waals surface area contributed by atoms with Crippen molar-refractivity contribution in [2.45, 2.75) is 39.9 Å². The molecular formula is C13H17Br2N5O. The molecule has 0 aliphatic heterocycles. The maximum absolute atomic E-state index is 11.9. The van der Waals surface area contributed by atoms with Crippen LogP contribution in [0.1, 0.15) is 24.7 Å². The van der Waals surface area contributed by atoms with Gasteiger partial charge in [-0.25, -0.2) is 0 Å². The summed E-state index contributed by atoms with van der Waals surface area (Å²) in [5.41, 5.74) is 2.00. The maximum atomic E-state index is 11.9. The van der Waals surface area contributed by atoms with Gasteiger partial charge in [-0.15, -0.1) is 0 Å². The number of rotatable bonds is 6. The molecule has 0 atom stereocenters. The lowest BCUT2D eigenvalue weighted by Crippen LogP contribution is -2.25. The van der Waals surface area contributed by atoms with E-state index in [0.29, 0.717) is 19.5 Å². The number of carbonyl (C=O) groups excluding carboxylic acids is 1. The fraction of sp³-hybridized carbons (Fsp3) is 0.462. The maximum Gasteiger partial charge on any atom is 0.222 e. The third-order valence-electron chi connectivity index (χ3n) is 3.24. The Bertz CT molecular complexity index is 635. The molecule has 21 heavy (non-hydrogen) atoms. The van der Waals surface area contributed by atoms with Gasteiger partial charge in [-0.3, -0.25) is 14.2 Å². The molecule has 0 bridgehead atoms. The third kappa shape index (κ3) is 3.94. The Morgan fingerprint density at radius 2 is 1.90 bits per heavy atom. The Labute approximate surface area is 140 Å². The van der Waals surface area contributed by atoms with Crippen LogP contribution in [-0.2, 0) is 24.4 Å². The SMILES string of the molecule is CCn1ncc(Br)c1CNC(=O)CCn1ncc(Br)c1C. The van der Waals surface area contributed by atoms with Crippen molar-refractivity contribution in [3.63, 3.8) is 0 Å². The summed E-state index contributed by atoms with van der Waals surface area (Å²) in [5, 5.41) is 11.3. The molecule has 0 aliphatic rings. The van der Waals surface area contributed by atoms with E-state index in [0.717, 1.165) is 26.9 Å². The fourth-order valence-corrected chi connectivity index (χ4v) is 2.70. The van der Waals surface area contributed by atoms with Crippen molar-refractivity contribution in [2.24, 2.45) is 0 Å². The minimum Gasteiger partial charge on any atom is -0.350 e. The van der Waals surface area contributed by atoms with Gasteiger partial charge in [0.1, 0.15) is 0 Å². The highest BCUT2D eigenvalue weighted by atomic mass is 79.9. The van der Waals surface area contributed by atoms with Crippen molar-refractivity contribution in [1.29, 1.82) is 0 Å². The van der Waals surface area contributed by atoms with Gasteiger partial charge in [-0.05, 0) is 45.7 Å². The van der Waals surface area contributed by atoms with Crippen molar-refractivity contribution in [2.75, 3.05) is 0 Å². The van der Waals surface area contributed by atoms with E-state index in [2.05, 4.69) is 47.4 Å². The summed E-state index contributed by atoms with van der Waals surface area (Å²) in [6.45, 7) is 5.79. The van der Waals surface area contributed by atoms with Crippen LogP contribution in [0.25, 0.3) is 0 Å². The van der Waals surface area contributed by atoms with E-state index in [-0.39, 0.29) is 5.91 Å². The third-order valence-corrected chi connectivity index (χ3v) is 4.69. The molecule has 0 aliphatic carbocycles. The molecule has 0 radical (unpaired) electrons. The van der Waals surface area contributed by atoms with Crippen LogP contribution in [0.5, 0.6) is 0 Å². The van der Waals surface area contributed by atoms with E-state index in [4.69, 9.17) is 0 Å². The largest absolute Gasteiger partial charge is 0.350 e. The molecule has 8 heteroatoms. The Kier molecular flexibility index (Phi) is 5.58. The summed E-state index contributed by atoms with van der Waals surface area (Å²) in [7, 11) is 0. The highest BCUT2D eigenvalue weighted by Crippen LogP contribution is 2.16. The van der Waals surface area contributed by atoms with Crippen molar-refractivity contribution in [3.05, 3.63) is 32.7 Å². The summed E-state index contributed by atoms with van der Waals surface area (Å²) in [5.74, 6) is -0.00299. The first-order chi connectivity index (χ1) is 10.0. The van der Waals surface area contributed by atoms with Gasteiger partial charge in [0, 0.05) is 25.2 Å². The molecule has 0 spiro atoms.